The first-order chi connectivity index (χ1) is 7.78. The molecule has 0 aliphatic heterocycles. The molecule has 2 aliphatic carbocycles. The predicted octanol–water partition coefficient (Wildman–Crippen LogP) is 1.84. The van der Waals surface area contributed by atoms with Crippen LogP contribution in [0.2, 0.25) is 0 Å². The van der Waals surface area contributed by atoms with Crippen molar-refractivity contribution in [3.8, 4) is 0 Å². The van der Waals surface area contributed by atoms with Crippen LogP contribution in [0.3, 0.4) is 0 Å². The van der Waals surface area contributed by atoms with Crippen LogP contribution >= 0.6 is 23.1 Å². The number of nitrogen functional groups attached to an aromatic ring is 1. The lowest BCUT2D eigenvalue weighted by Gasteiger charge is -2.20. The number of nitrogens with two attached hydrogens (primary N) is 1. The summed E-state index contributed by atoms with van der Waals surface area (Å²) in [5.41, 5.74) is 6.49. The van der Waals surface area contributed by atoms with Gasteiger partial charge in [-0.15, -0.1) is 10.2 Å². The summed E-state index contributed by atoms with van der Waals surface area (Å²) in [6, 6.07) is 0. The molecule has 86 valence electrons. The molecule has 0 saturated heterocycles. The van der Waals surface area contributed by atoms with Gasteiger partial charge in [0, 0.05) is 5.92 Å². The Morgan fingerprint density at radius 3 is 3.00 bits per heavy atom. The van der Waals surface area contributed by atoms with Gasteiger partial charge >= 0.3 is 0 Å². The van der Waals surface area contributed by atoms with E-state index < -0.39 is 0 Å². The maximum Gasteiger partial charge on any atom is 0.203 e. The van der Waals surface area contributed by atoms with Crippen LogP contribution in [0.25, 0.3) is 0 Å². The topological polar surface area (TPSA) is 84.4 Å². The van der Waals surface area contributed by atoms with E-state index in [9.17, 15) is 0 Å². The molecule has 2 saturated carbocycles. The summed E-state index contributed by atoms with van der Waals surface area (Å²) in [5.74, 6) is 1.11. The quantitative estimate of drug-likeness (QED) is 0.623. The summed E-state index contributed by atoms with van der Waals surface area (Å²) >= 11 is 3.04. The zero-order valence-corrected chi connectivity index (χ0v) is 10.2. The van der Waals surface area contributed by atoms with Gasteiger partial charge in [-0.25, -0.2) is 0 Å². The van der Waals surface area contributed by atoms with Crippen LogP contribution in [0.4, 0.5) is 5.13 Å². The van der Waals surface area contributed by atoms with E-state index in [2.05, 4.69) is 15.4 Å². The molecule has 1 aromatic rings. The van der Waals surface area contributed by atoms with Gasteiger partial charge in [0.25, 0.3) is 0 Å². The lowest BCUT2D eigenvalue weighted by molar-refractivity contribution is 0.314. The van der Waals surface area contributed by atoms with Crippen LogP contribution in [0, 0.1) is 11.8 Å². The van der Waals surface area contributed by atoms with Gasteiger partial charge in [-0.3, -0.25) is 0 Å². The van der Waals surface area contributed by atoms with Gasteiger partial charge < -0.3 is 10.9 Å². The molecule has 2 aliphatic rings. The maximum atomic E-state index is 9.06. The van der Waals surface area contributed by atoms with Gasteiger partial charge in [-0.1, -0.05) is 28.3 Å². The number of thioether (sulfide) groups is 1. The summed E-state index contributed by atoms with van der Waals surface area (Å²) in [7, 11) is 0. The number of hydrogen-bond acceptors (Lipinski definition) is 7. The van der Waals surface area contributed by atoms with Crippen molar-refractivity contribution < 1.29 is 5.21 Å². The first kappa shape index (κ1) is 10.3. The average molecular weight is 256 g/mol. The molecule has 5 nitrogen and oxygen atoms in total. The van der Waals surface area contributed by atoms with E-state index in [1.807, 2.05) is 0 Å². The van der Waals surface area contributed by atoms with Gasteiger partial charge in [-0.05, 0) is 25.2 Å². The average Bonchev–Trinajstić information content (AvgIpc) is 2.94. The Balaban J connectivity index is 1.80. The summed E-state index contributed by atoms with van der Waals surface area (Å²) < 4.78 is 0.871. The standard InChI is InChI=1S/C9H12N4OS2/c10-8-11-12-9(16-8)15-7-5-2-1-4(3-5)6(7)13-14/h4-5,7,14H,1-3H2,(H2,10,11)/b13-6-/t4-,5-,7+/m1/s1. The van der Waals surface area contributed by atoms with E-state index >= 15 is 0 Å². The molecular weight excluding hydrogens is 244 g/mol. The second-order valence-electron chi connectivity index (χ2n) is 4.24. The van der Waals surface area contributed by atoms with Crippen molar-refractivity contribution in [1.82, 2.24) is 10.2 Å². The fourth-order valence-corrected chi connectivity index (χ4v) is 4.91. The highest BCUT2D eigenvalue weighted by atomic mass is 32.2. The summed E-state index contributed by atoms with van der Waals surface area (Å²) in [4.78, 5) is 0. The smallest absolute Gasteiger partial charge is 0.203 e. The highest BCUT2D eigenvalue weighted by Gasteiger charge is 2.46. The zero-order chi connectivity index (χ0) is 11.1. The molecule has 3 rings (SSSR count). The van der Waals surface area contributed by atoms with Gasteiger partial charge in [0.1, 0.15) is 0 Å². The van der Waals surface area contributed by atoms with E-state index in [0.29, 0.717) is 17.0 Å². The van der Waals surface area contributed by atoms with E-state index in [1.54, 1.807) is 11.8 Å². The minimum atomic E-state index is 0.274. The molecule has 16 heavy (non-hydrogen) atoms. The van der Waals surface area contributed by atoms with Crippen molar-refractivity contribution in [2.24, 2.45) is 17.0 Å². The Morgan fingerprint density at radius 1 is 1.44 bits per heavy atom. The van der Waals surface area contributed by atoms with Gasteiger partial charge in [0.2, 0.25) is 5.13 Å². The van der Waals surface area contributed by atoms with Crippen LogP contribution in [-0.2, 0) is 0 Å². The van der Waals surface area contributed by atoms with Crippen molar-refractivity contribution in [3.05, 3.63) is 0 Å². The Labute approximate surface area is 101 Å². The van der Waals surface area contributed by atoms with Crippen molar-refractivity contribution in [2.45, 2.75) is 28.9 Å². The Hall–Kier alpha value is -0.820. The lowest BCUT2D eigenvalue weighted by Crippen LogP contribution is -2.24. The van der Waals surface area contributed by atoms with E-state index in [-0.39, 0.29) is 5.25 Å². The zero-order valence-electron chi connectivity index (χ0n) is 8.54. The number of nitrogens with zero attached hydrogens (tertiary/aromatic N) is 3. The summed E-state index contributed by atoms with van der Waals surface area (Å²) in [6.07, 6.45) is 3.56. The van der Waals surface area contributed by atoms with Crippen molar-refractivity contribution >= 4 is 33.9 Å². The van der Waals surface area contributed by atoms with Crippen LogP contribution in [0.5, 0.6) is 0 Å². The molecule has 0 spiro atoms. The molecule has 3 atom stereocenters. The van der Waals surface area contributed by atoms with E-state index in [1.165, 1.54) is 24.2 Å². The largest absolute Gasteiger partial charge is 0.411 e. The number of rotatable bonds is 2. The number of fused-ring (bicyclic) bond motifs is 2. The minimum absolute atomic E-state index is 0.274. The Kier molecular flexibility index (Phi) is 2.51. The molecule has 1 heterocycles. The Morgan fingerprint density at radius 2 is 2.31 bits per heavy atom. The van der Waals surface area contributed by atoms with Crippen LogP contribution in [0.15, 0.2) is 9.50 Å². The molecule has 0 amide bonds. The first-order valence-corrected chi connectivity index (χ1v) is 6.95. The fraction of sp³-hybridized carbons (Fsp3) is 0.667. The second-order valence-corrected chi connectivity index (χ2v) is 6.64. The van der Waals surface area contributed by atoms with E-state index in [4.69, 9.17) is 10.9 Å². The molecule has 2 fully saturated rings. The second kappa shape index (κ2) is 3.89. The van der Waals surface area contributed by atoms with Crippen LogP contribution in [-0.4, -0.2) is 26.4 Å². The van der Waals surface area contributed by atoms with Crippen molar-refractivity contribution in [3.63, 3.8) is 0 Å². The third-order valence-corrected chi connectivity index (χ3v) is 5.63. The minimum Gasteiger partial charge on any atom is -0.411 e. The normalized spacial score (nSPS) is 35.0. The SMILES string of the molecule is Nc1nnc(S[C@@H]2/C(=N\O)[C@@H]3CC[C@@H]2C3)s1. The fourth-order valence-electron chi connectivity index (χ4n) is 2.71. The molecule has 7 heteroatoms. The lowest BCUT2D eigenvalue weighted by atomic mass is 9.98. The van der Waals surface area contributed by atoms with Crippen molar-refractivity contribution in [2.75, 3.05) is 5.73 Å². The van der Waals surface area contributed by atoms with Crippen LogP contribution < -0.4 is 5.73 Å². The molecule has 3 N–H and O–H groups in total. The Bertz CT molecular complexity index is 433. The summed E-state index contributed by atoms with van der Waals surface area (Å²) in [6.45, 7) is 0. The maximum absolute atomic E-state index is 9.06. The van der Waals surface area contributed by atoms with Gasteiger partial charge in [-0.2, -0.15) is 0 Å². The number of aromatic nitrogens is 2. The third kappa shape index (κ3) is 1.58. The monoisotopic (exact) mass is 256 g/mol. The van der Waals surface area contributed by atoms with Gasteiger partial charge in [0.05, 0.1) is 11.0 Å². The number of oxime groups is 1. The predicted molar refractivity (Wildman–Crippen MR) is 64.0 cm³/mol. The molecule has 0 radical (unpaired) electrons. The molecule has 0 aromatic carbocycles. The van der Waals surface area contributed by atoms with Crippen LogP contribution in [0.1, 0.15) is 19.3 Å². The summed E-state index contributed by atoms with van der Waals surface area (Å²) in [5, 5.41) is 21.1. The van der Waals surface area contributed by atoms with Crippen molar-refractivity contribution in [1.29, 1.82) is 0 Å². The highest BCUT2D eigenvalue weighted by molar-refractivity contribution is 8.02. The third-order valence-electron chi connectivity index (χ3n) is 3.38. The van der Waals surface area contributed by atoms with Gasteiger partial charge in [0.15, 0.2) is 4.34 Å². The first-order valence-electron chi connectivity index (χ1n) is 5.25. The highest BCUT2D eigenvalue weighted by Crippen LogP contribution is 2.49. The number of hydrogen-bond donors (Lipinski definition) is 2. The molecular formula is C9H12N4OS2. The number of anilines is 1. The van der Waals surface area contributed by atoms with E-state index in [0.717, 1.165) is 16.5 Å². The molecule has 1 aromatic heterocycles. The molecule has 2 bridgehead atoms. The molecule has 0 unspecified atom stereocenters.